The van der Waals surface area contributed by atoms with Crippen LogP contribution in [-0.2, 0) is 5.41 Å². The van der Waals surface area contributed by atoms with Gasteiger partial charge in [-0.15, -0.1) is 0 Å². The van der Waals surface area contributed by atoms with Crippen molar-refractivity contribution >= 4 is 119 Å². The molecule has 0 spiro atoms. The van der Waals surface area contributed by atoms with Gasteiger partial charge < -0.3 is 14.7 Å². The quantitative estimate of drug-likeness (QED) is 0.159. The molecule has 69 heavy (non-hydrogen) atoms. The van der Waals surface area contributed by atoms with Gasteiger partial charge in [0.1, 0.15) is 0 Å². The summed E-state index contributed by atoms with van der Waals surface area (Å²) in [6.07, 6.45) is 4.81. The molecule has 10 aromatic carbocycles. The van der Waals surface area contributed by atoms with Crippen LogP contribution in [-0.4, -0.2) is 20.3 Å². The monoisotopic (exact) mass is 899 g/mol. The van der Waals surface area contributed by atoms with Crippen molar-refractivity contribution in [1.82, 2.24) is 0 Å². The average molecular weight is 900 g/mol. The van der Waals surface area contributed by atoms with Gasteiger partial charge in [-0.3, -0.25) is 0 Å². The minimum absolute atomic E-state index is 0.0141. The summed E-state index contributed by atoms with van der Waals surface area (Å²) in [5.74, 6) is 0. The van der Waals surface area contributed by atoms with Gasteiger partial charge in [0, 0.05) is 50.9 Å². The molecule has 2 atom stereocenters. The molecule has 328 valence electrons. The highest BCUT2D eigenvalue weighted by Gasteiger charge is 2.59. The van der Waals surface area contributed by atoms with Crippen LogP contribution < -0.4 is 51.8 Å². The zero-order valence-electron chi connectivity index (χ0n) is 39.0. The highest BCUT2D eigenvalue weighted by molar-refractivity contribution is 7.27. The van der Waals surface area contributed by atoms with Crippen molar-refractivity contribution in [2.45, 2.75) is 50.5 Å². The van der Waals surface area contributed by atoms with Crippen molar-refractivity contribution in [3.8, 4) is 0 Å². The van der Waals surface area contributed by atoms with Gasteiger partial charge in [-0.05, 0) is 139 Å². The Kier molecular flexibility index (Phi) is 8.12. The molecule has 0 N–H and O–H groups in total. The third-order valence-electron chi connectivity index (χ3n) is 17.6. The molecule has 1 aliphatic carbocycles. The van der Waals surface area contributed by atoms with E-state index in [1.165, 1.54) is 129 Å². The molecule has 1 fully saturated rings. The molecule has 3 nitrogen and oxygen atoms in total. The lowest BCUT2D eigenvalue weighted by Gasteiger charge is -2.53. The molecule has 5 heteroatoms. The predicted molar refractivity (Wildman–Crippen MR) is 295 cm³/mol. The van der Waals surface area contributed by atoms with Crippen LogP contribution in [0, 0.1) is 0 Å². The van der Waals surface area contributed by atoms with Gasteiger partial charge in [0.2, 0.25) is 0 Å². The van der Waals surface area contributed by atoms with Gasteiger partial charge >= 0.3 is 0 Å². The molecular weight excluding hydrogens is 850 g/mol. The van der Waals surface area contributed by atoms with Gasteiger partial charge in [-0.25, -0.2) is 0 Å². The van der Waals surface area contributed by atoms with Crippen molar-refractivity contribution in [2.75, 3.05) is 14.7 Å². The summed E-state index contributed by atoms with van der Waals surface area (Å²) >= 11 is 0. The third-order valence-corrected chi connectivity index (χ3v) is 22.5. The number of anilines is 8. The van der Waals surface area contributed by atoms with E-state index in [0.29, 0.717) is 0 Å². The second-order valence-corrected chi connectivity index (χ2v) is 24.4. The van der Waals surface area contributed by atoms with E-state index < -0.39 is 8.07 Å². The van der Waals surface area contributed by atoms with Crippen molar-refractivity contribution in [1.29, 1.82) is 0 Å². The zero-order chi connectivity index (χ0) is 45.6. The van der Waals surface area contributed by atoms with Gasteiger partial charge in [0.25, 0.3) is 6.71 Å². The molecule has 10 aromatic rings. The third kappa shape index (κ3) is 5.08. The number of rotatable bonds is 5. The molecule has 2 unspecified atom stereocenters. The molecule has 0 saturated heterocycles. The number of hydrogen-bond donors (Lipinski definition) is 0. The summed E-state index contributed by atoms with van der Waals surface area (Å²) in [6.45, 7) is 5.15. The Balaban J connectivity index is 1.12. The summed E-state index contributed by atoms with van der Waals surface area (Å²) in [5, 5.41) is 10.8. The molecule has 1 saturated carbocycles. The maximum Gasteiger partial charge on any atom is 0.251 e. The minimum atomic E-state index is -2.97. The number of para-hydroxylation sites is 1. The van der Waals surface area contributed by atoms with Gasteiger partial charge in [-0.2, -0.15) is 0 Å². The number of fused-ring (bicyclic) bond motifs is 5. The lowest BCUT2D eigenvalue weighted by molar-refractivity contribution is 0.195. The number of nitrogens with zero attached hydrogens (tertiary/aromatic N) is 3. The molecule has 15 rings (SSSR count). The fourth-order valence-electron chi connectivity index (χ4n) is 14.5. The van der Waals surface area contributed by atoms with Crippen LogP contribution in [0.3, 0.4) is 0 Å². The van der Waals surface area contributed by atoms with Crippen LogP contribution in [0.5, 0.6) is 0 Å². The Morgan fingerprint density at radius 1 is 0.391 bits per heavy atom. The highest BCUT2D eigenvalue weighted by atomic mass is 28.3. The number of hydrogen-bond acceptors (Lipinski definition) is 3. The molecule has 0 bridgehead atoms. The smallest absolute Gasteiger partial charge is 0.251 e. The Labute approximate surface area is 406 Å². The Morgan fingerprint density at radius 2 is 0.870 bits per heavy atom. The highest BCUT2D eigenvalue weighted by Crippen LogP contribution is 2.61. The van der Waals surface area contributed by atoms with Gasteiger partial charge in [0.05, 0.1) is 5.54 Å². The first-order valence-electron chi connectivity index (χ1n) is 25.0. The second-order valence-electron chi connectivity index (χ2n) is 20.7. The van der Waals surface area contributed by atoms with Gasteiger partial charge in [0.15, 0.2) is 8.07 Å². The maximum absolute atomic E-state index is 2.97. The van der Waals surface area contributed by atoms with E-state index in [0.717, 1.165) is 6.42 Å². The Bertz CT molecular complexity index is 3580. The van der Waals surface area contributed by atoms with Gasteiger partial charge in [-0.1, -0.05) is 184 Å². The normalized spacial score (nSPS) is 19.9. The fraction of sp³-hybridized carbons (Fsp3) is 0.125. The summed E-state index contributed by atoms with van der Waals surface area (Å²) in [4.78, 5) is 8.12. The SMILES string of the molecule is CC12CCCCC1(C)N(c1cc3c4c(c1)N(c1ccc5ccccc5c1)c1cccc5c1B4c1c(cccc1[Si]5(c1ccccc1)c1ccccc1)N3c1ccc3ccccc3c1)c1ccccc12. The molecule has 0 radical (unpaired) electrons. The van der Waals surface area contributed by atoms with Crippen LogP contribution in [0.15, 0.2) is 218 Å². The topological polar surface area (TPSA) is 9.72 Å². The van der Waals surface area contributed by atoms with Crippen LogP contribution in [0.25, 0.3) is 21.5 Å². The van der Waals surface area contributed by atoms with Crippen LogP contribution in [0.1, 0.15) is 45.1 Å². The maximum atomic E-state index is 2.79. The lowest BCUT2D eigenvalue weighted by atomic mass is 9.33. The van der Waals surface area contributed by atoms with E-state index in [1.54, 1.807) is 0 Å². The summed E-state index contributed by atoms with van der Waals surface area (Å²) < 4.78 is 0. The number of benzene rings is 10. The first kappa shape index (κ1) is 39.4. The van der Waals surface area contributed by atoms with Crippen LogP contribution in [0.4, 0.5) is 45.5 Å². The molecule has 0 aromatic heterocycles. The Hall–Kier alpha value is -7.60. The first-order valence-corrected chi connectivity index (χ1v) is 27.0. The van der Waals surface area contributed by atoms with E-state index in [4.69, 9.17) is 0 Å². The van der Waals surface area contributed by atoms with E-state index >= 15 is 0 Å². The first-order chi connectivity index (χ1) is 34.0. The summed E-state index contributed by atoms with van der Waals surface area (Å²) in [5.41, 5.74) is 15.7. The van der Waals surface area contributed by atoms with Crippen LogP contribution in [0.2, 0.25) is 0 Å². The zero-order valence-corrected chi connectivity index (χ0v) is 40.0. The van der Waals surface area contributed by atoms with Crippen molar-refractivity contribution in [2.24, 2.45) is 0 Å². The molecule has 4 aliphatic heterocycles. The van der Waals surface area contributed by atoms with E-state index in [-0.39, 0.29) is 17.7 Å². The summed E-state index contributed by atoms with van der Waals surface area (Å²) in [7, 11) is -2.97. The van der Waals surface area contributed by atoms with Crippen molar-refractivity contribution < 1.29 is 0 Å². The van der Waals surface area contributed by atoms with E-state index in [9.17, 15) is 0 Å². The standard InChI is InChI=1S/C64H50BN3Si/c1-63-37-15-16-38-64(63,2)68(53-28-14-13-27-52(53)63)49-41-56-60-57(42-49)67(48-36-34-44-20-10-12-22-46(44)40-48)55-30-18-32-59-62(55)65(60)61-54(66(56)47-35-33-43-19-9-11-21-45(43)39-47)29-17-31-58(61)69(59,50-23-5-3-6-24-50)51-25-7-4-8-26-51/h3-14,17-36,39-42H,15-16,37-38H2,1-2H3. The average Bonchev–Trinajstić information content (AvgIpc) is 3.62. The second kappa shape index (κ2) is 14.2. The molecule has 0 amide bonds. The van der Waals surface area contributed by atoms with Crippen LogP contribution >= 0.6 is 0 Å². The Morgan fingerprint density at radius 3 is 1.43 bits per heavy atom. The molecule has 4 heterocycles. The van der Waals surface area contributed by atoms with E-state index in [2.05, 4.69) is 247 Å². The fourth-order valence-corrected chi connectivity index (χ4v) is 19.7. The van der Waals surface area contributed by atoms with Crippen molar-refractivity contribution in [3.05, 3.63) is 224 Å². The summed E-state index contributed by atoms with van der Waals surface area (Å²) in [6, 6.07) is 84.3. The van der Waals surface area contributed by atoms with Crippen molar-refractivity contribution in [3.63, 3.8) is 0 Å². The molecule has 5 aliphatic rings. The lowest BCUT2D eigenvalue weighted by Crippen LogP contribution is -2.88. The predicted octanol–water partition coefficient (Wildman–Crippen LogP) is 11.5. The minimum Gasteiger partial charge on any atom is -0.334 e. The largest absolute Gasteiger partial charge is 0.334 e. The molecular formula is C64H50BN3Si. The van der Waals surface area contributed by atoms with E-state index in [1.807, 2.05) is 0 Å².